The lowest BCUT2D eigenvalue weighted by Gasteiger charge is -2.14. The van der Waals surface area contributed by atoms with Crippen molar-refractivity contribution < 1.29 is 14.3 Å². The zero-order valence-electron chi connectivity index (χ0n) is 11.5. The van der Waals surface area contributed by atoms with Gasteiger partial charge in [0.15, 0.2) is 0 Å². The third-order valence-corrected chi connectivity index (χ3v) is 2.87. The van der Waals surface area contributed by atoms with Crippen molar-refractivity contribution in [1.29, 1.82) is 0 Å². The Bertz CT molecular complexity index is 485. The van der Waals surface area contributed by atoms with Crippen molar-refractivity contribution in [3.8, 4) is 5.88 Å². The Morgan fingerprint density at radius 2 is 2.15 bits per heavy atom. The molecule has 1 fully saturated rings. The van der Waals surface area contributed by atoms with Gasteiger partial charge in [0.05, 0.1) is 19.0 Å². The Balaban J connectivity index is 1.81. The summed E-state index contributed by atoms with van der Waals surface area (Å²) in [6.45, 7) is 1.67. The molecule has 0 unspecified atom stereocenters. The third kappa shape index (κ3) is 4.11. The molecule has 1 aromatic heterocycles. The van der Waals surface area contributed by atoms with E-state index in [1.807, 2.05) is 0 Å². The topological polar surface area (TPSA) is 92.4 Å². The number of nitrogens with one attached hydrogen (secondary N) is 3. The van der Waals surface area contributed by atoms with Gasteiger partial charge < -0.3 is 15.4 Å². The summed E-state index contributed by atoms with van der Waals surface area (Å²) in [7, 11) is 1.53. The molecule has 3 amide bonds. The predicted octanol–water partition coefficient (Wildman–Crippen LogP) is 0.879. The minimum Gasteiger partial charge on any atom is -0.481 e. The number of imide groups is 1. The second-order valence-corrected chi connectivity index (χ2v) is 4.69. The van der Waals surface area contributed by atoms with Gasteiger partial charge in [-0.2, -0.15) is 0 Å². The van der Waals surface area contributed by atoms with Gasteiger partial charge in [0.25, 0.3) is 0 Å². The number of amides is 3. The molecule has 0 radical (unpaired) electrons. The Morgan fingerprint density at radius 3 is 2.70 bits per heavy atom. The van der Waals surface area contributed by atoms with E-state index in [1.165, 1.54) is 7.11 Å². The molecule has 0 aromatic carbocycles. The van der Waals surface area contributed by atoms with Crippen LogP contribution in [0.5, 0.6) is 5.88 Å². The second-order valence-electron chi connectivity index (χ2n) is 4.69. The van der Waals surface area contributed by atoms with Crippen LogP contribution in [0, 0.1) is 0 Å². The van der Waals surface area contributed by atoms with Crippen LogP contribution in [0.15, 0.2) is 18.3 Å². The third-order valence-electron chi connectivity index (χ3n) is 2.87. The van der Waals surface area contributed by atoms with Gasteiger partial charge in [-0.1, -0.05) is 0 Å². The van der Waals surface area contributed by atoms with Gasteiger partial charge in [0.1, 0.15) is 6.04 Å². The Kier molecular flexibility index (Phi) is 4.39. The minimum atomic E-state index is -0.546. The SMILES string of the molecule is COc1ccc(N[C@@H](C)C(=O)NC(=O)NC2CC2)cn1. The molecule has 0 saturated heterocycles. The molecule has 1 aliphatic carbocycles. The lowest BCUT2D eigenvalue weighted by molar-refractivity contribution is -0.120. The fourth-order valence-corrected chi connectivity index (χ4v) is 1.57. The lowest BCUT2D eigenvalue weighted by Crippen LogP contribution is -2.46. The molecule has 1 aromatic rings. The highest BCUT2D eigenvalue weighted by atomic mass is 16.5. The van der Waals surface area contributed by atoms with Crippen LogP contribution in [0.25, 0.3) is 0 Å². The van der Waals surface area contributed by atoms with Gasteiger partial charge in [-0.15, -0.1) is 0 Å². The first-order valence-electron chi connectivity index (χ1n) is 6.46. The van der Waals surface area contributed by atoms with Crippen LogP contribution in [0.1, 0.15) is 19.8 Å². The molecule has 1 atom stereocenters. The van der Waals surface area contributed by atoms with Crippen LogP contribution < -0.4 is 20.7 Å². The van der Waals surface area contributed by atoms with Gasteiger partial charge in [-0.3, -0.25) is 10.1 Å². The summed E-state index contributed by atoms with van der Waals surface area (Å²) in [4.78, 5) is 27.3. The molecule has 1 heterocycles. The molecule has 1 saturated carbocycles. The van der Waals surface area contributed by atoms with E-state index >= 15 is 0 Å². The largest absolute Gasteiger partial charge is 0.481 e. The second kappa shape index (κ2) is 6.23. The standard InChI is InChI=1S/C13H18N4O3/c1-8(12(18)17-13(19)16-9-3-4-9)15-10-5-6-11(20-2)14-7-10/h5-9,15H,3-4H2,1-2H3,(H2,16,17,18,19)/t8-/m0/s1. The molecule has 0 spiro atoms. The first kappa shape index (κ1) is 14.1. The molecule has 1 aliphatic rings. The van der Waals surface area contributed by atoms with Gasteiger partial charge in [-0.25, -0.2) is 9.78 Å². The van der Waals surface area contributed by atoms with Gasteiger partial charge in [0, 0.05) is 12.1 Å². The zero-order chi connectivity index (χ0) is 14.5. The Hall–Kier alpha value is -2.31. The maximum Gasteiger partial charge on any atom is 0.321 e. The number of carbonyl (C=O) groups excluding carboxylic acids is 2. The highest BCUT2D eigenvalue weighted by molar-refractivity contribution is 5.98. The number of urea groups is 1. The van der Waals surface area contributed by atoms with Crippen LogP contribution in [-0.2, 0) is 4.79 Å². The van der Waals surface area contributed by atoms with Crippen molar-refractivity contribution in [2.24, 2.45) is 0 Å². The molecule has 108 valence electrons. The molecule has 7 nitrogen and oxygen atoms in total. The normalized spacial score (nSPS) is 15.1. The summed E-state index contributed by atoms with van der Waals surface area (Å²) < 4.78 is 4.95. The minimum absolute atomic E-state index is 0.219. The number of pyridine rings is 1. The van der Waals surface area contributed by atoms with Crippen molar-refractivity contribution in [1.82, 2.24) is 15.6 Å². The lowest BCUT2D eigenvalue weighted by atomic mass is 10.3. The Morgan fingerprint density at radius 1 is 1.40 bits per heavy atom. The summed E-state index contributed by atoms with van der Waals surface area (Å²) in [5.41, 5.74) is 0.677. The molecular weight excluding hydrogens is 260 g/mol. The summed E-state index contributed by atoms with van der Waals surface area (Å²) in [5, 5.41) is 7.95. The summed E-state index contributed by atoms with van der Waals surface area (Å²) >= 11 is 0. The highest BCUT2D eigenvalue weighted by Gasteiger charge is 2.24. The van der Waals surface area contributed by atoms with E-state index in [0.29, 0.717) is 11.6 Å². The average molecular weight is 278 g/mol. The van der Waals surface area contributed by atoms with E-state index in [1.54, 1.807) is 25.3 Å². The van der Waals surface area contributed by atoms with Crippen molar-refractivity contribution in [3.05, 3.63) is 18.3 Å². The van der Waals surface area contributed by atoms with Gasteiger partial charge >= 0.3 is 6.03 Å². The Labute approximate surface area is 117 Å². The monoisotopic (exact) mass is 278 g/mol. The van der Waals surface area contributed by atoms with E-state index in [-0.39, 0.29) is 11.9 Å². The number of ether oxygens (including phenoxy) is 1. The van der Waals surface area contributed by atoms with Crippen molar-refractivity contribution >= 4 is 17.6 Å². The number of rotatable bonds is 5. The molecule has 20 heavy (non-hydrogen) atoms. The zero-order valence-corrected chi connectivity index (χ0v) is 11.5. The molecule has 0 aliphatic heterocycles. The molecule has 3 N–H and O–H groups in total. The molecule has 0 bridgehead atoms. The van der Waals surface area contributed by atoms with Crippen molar-refractivity contribution in [2.45, 2.75) is 31.8 Å². The molecular formula is C13H18N4O3. The van der Waals surface area contributed by atoms with Gasteiger partial charge in [-0.05, 0) is 25.8 Å². The van der Waals surface area contributed by atoms with E-state index in [4.69, 9.17) is 4.74 Å². The smallest absolute Gasteiger partial charge is 0.321 e. The van der Waals surface area contributed by atoms with E-state index < -0.39 is 12.1 Å². The molecule has 2 rings (SSSR count). The van der Waals surface area contributed by atoms with E-state index in [0.717, 1.165) is 12.8 Å². The van der Waals surface area contributed by atoms with Crippen LogP contribution in [0.3, 0.4) is 0 Å². The number of carbonyl (C=O) groups is 2. The fourth-order valence-electron chi connectivity index (χ4n) is 1.57. The quantitative estimate of drug-likeness (QED) is 0.743. The maximum absolute atomic E-state index is 11.8. The van der Waals surface area contributed by atoms with Crippen LogP contribution in [0.4, 0.5) is 10.5 Å². The van der Waals surface area contributed by atoms with Crippen LogP contribution >= 0.6 is 0 Å². The van der Waals surface area contributed by atoms with Crippen LogP contribution in [-0.4, -0.2) is 36.1 Å². The van der Waals surface area contributed by atoms with Crippen molar-refractivity contribution in [3.63, 3.8) is 0 Å². The molecule has 7 heteroatoms. The van der Waals surface area contributed by atoms with E-state index in [9.17, 15) is 9.59 Å². The van der Waals surface area contributed by atoms with Crippen LogP contribution in [0.2, 0.25) is 0 Å². The summed E-state index contributed by atoms with van der Waals surface area (Å²) in [5.74, 6) is 0.107. The summed E-state index contributed by atoms with van der Waals surface area (Å²) in [6.07, 6.45) is 3.52. The van der Waals surface area contributed by atoms with Gasteiger partial charge in [0.2, 0.25) is 11.8 Å². The maximum atomic E-state index is 11.8. The first-order valence-corrected chi connectivity index (χ1v) is 6.46. The fraction of sp³-hybridized carbons (Fsp3) is 0.462. The number of hydrogen-bond acceptors (Lipinski definition) is 5. The summed E-state index contributed by atoms with van der Waals surface area (Å²) in [6, 6.07) is 2.66. The number of aromatic nitrogens is 1. The number of nitrogens with zero attached hydrogens (tertiary/aromatic N) is 1. The van der Waals surface area contributed by atoms with E-state index in [2.05, 4.69) is 20.9 Å². The first-order chi connectivity index (χ1) is 9.58. The number of anilines is 1. The number of hydrogen-bond donors (Lipinski definition) is 3. The van der Waals surface area contributed by atoms with Crippen molar-refractivity contribution in [2.75, 3.05) is 12.4 Å². The highest BCUT2D eigenvalue weighted by Crippen LogP contribution is 2.18. The predicted molar refractivity (Wildman–Crippen MR) is 73.6 cm³/mol. The average Bonchev–Trinajstić information content (AvgIpc) is 3.23. The number of methoxy groups -OCH3 is 1.